The van der Waals surface area contributed by atoms with E-state index in [9.17, 15) is 14.4 Å². The van der Waals surface area contributed by atoms with Gasteiger partial charge in [0.05, 0.1) is 17.7 Å². The quantitative estimate of drug-likeness (QED) is 0.265. The molecule has 32 heavy (non-hydrogen) atoms. The minimum atomic E-state index is -0.196. The van der Waals surface area contributed by atoms with E-state index in [2.05, 4.69) is 25.4 Å². The van der Waals surface area contributed by atoms with E-state index in [-0.39, 0.29) is 17.7 Å². The van der Waals surface area contributed by atoms with E-state index in [1.165, 1.54) is 4.90 Å². The van der Waals surface area contributed by atoms with E-state index >= 15 is 0 Å². The van der Waals surface area contributed by atoms with Crippen LogP contribution in [-0.4, -0.2) is 97.3 Å². The van der Waals surface area contributed by atoms with Gasteiger partial charge in [0.15, 0.2) is 5.96 Å². The summed E-state index contributed by atoms with van der Waals surface area (Å²) in [5, 5.41) is 6.42. The van der Waals surface area contributed by atoms with Crippen LogP contribution in [0.4, 0.5) is 0 Å². The number of rotatable bonds is 8. The molecule has 1 saturated carbocycles. The fourth-order valence-electron chi connectivity index (χ4n) is 4.19. The molecule has 172 valence electrons. The van der Waals surface area contributed by atoms with Crippen LogP contribution in [-0.2, 0) is 4.79 Å². The van der Waals surface area contributed by atoms with Gasteiger partial charge in [-0.3, -0.25) is 29.2 Å². The van der Waals surface area contributed by atoms with Crippen molar-refractivity contribution in [1.82, 2.24) is 25.3 Å². The number of carbonyl (C=O) groups is 3. The van der Waals surface area contributed by atoms with Gasteiger partial charge >= 0.3 is 0 Å². The Labute approximate surface area is 188 Å². The van der Waals surface area contributed by atoms with E-state index in [1.807, 2.05) is 0 Å². The van der Waals surface area contributed by atoms with Crippen molar-refractivity contribution < 1.29 is 14.4 Å². The zero-order chi connectivity index (χ0) is 22.5. The van der Waals surface area contributed by atoms with Crippen molar-refractivity contribution in [3.63, 3.8) is 0 Å². The molecule has 1 aromatic rings. The average molecular weight is 441 g/mol. The van der Waals surface area contributed by atoms with Gasteiger partial charge in [0.2, 0.25) is 5.91 Å². The van der Waals surface area contributed by atoms with Crippen molar-refractivity contribution in [2.24, 2.45) is 4.99 Å². The third-order valence-electron chi connectivity index (χ3n) is 6.16. The van der Waals surface area contributed by atoms with Gasteiger partial charge in [0.1, 0.15) is 0 Å². The van der Waals surface area contributed by atoms with Gasteiger partial charge in [-0.1, -0.05) is 12.1 Å². The van der Waals surface area contributed by atoms with Crippen LogP contribution in [0, 0.1) is 0 Å². The molecule has 2 fully saturated rings. The van der Waals surface area contributed by atoms with E-state index in [0.29, 0.717) is 30.3 Å². The first-order chi connectivity index (χ1) is 15.6. The highest BCUT2D eigenvalue weighted by Crippen LogP contribution is 2.22. The normalized spacial score (nSPS) is 19.3. The van der Waals surface area contributed by atoms with Crippen LogP contribution in [0.15, 0.2) is 29.3 Å². The number of benzene rings is 1. The molecule has 2 heterocycles. The highest BCUT2D eigenvalue weighted by Gasteiger charge is 2.34. The Morgan fingerprint density at radius 3 is 2.28 bits per heavy atom. The molecule has 3 amide bonds. The predicted octanol–water partition coefficient (Wildman–Crippen LogP) is 0.534. The van der Waals surface area contributed by atoms with E-state index in [0.717, 1.165) is 64.4 Å². The molecule has 9 heteroatoms. The highest BCUT2D eigenvalue weighted by molar-refractivity contribution is 6.21. The molecular weight excluding hydrogens is 408 g/mol. The molecule has 9 nitrogen and oxygen atoms in total. The molecule has 0 radical (unpaired) electrons. The SMILES string of the molecule is CN=C(NCCCCN1C(=O)c2ccccc2C1=O)N1CCN(CC(=O)NC2CC2)CC1. The Morgan fingerprint density at radius 2 is 1.69 bits per heavy atom. The first kappa shape index (κ1) is 22.3. The molecule has 0 spiro atoms. The van der Waals surface area contributed by atoms with Gasteiger partial charge in [-0.25, -0.2) is 0 Å². The Morgan fingerprint density at radius 1 is 1.03 bits per heavy atom. The van der Waals surface area contributed by atoms with Crippen LogP contribution in [0.3, 0.4) is 0 Å². The van der Waals surface area contributed by atoms with Crippen molar-refractivity contribution in [3.8, 4) is 0 Å². The van der Waals surface area contributed by atoms with Crippen LogP contribution in [0.5, 0.6) is 0 Å². The molecule has 4 rings (SSSR count). The number of nitrogens with one attached hydrogen (secondary N) is 2. The lowest BCUT2D eigenvalue weighted by Crippen LogP contribution is -2.54. The summed E-state index contributed by atoms with van der Waals surface area (Å²) >= 11 is 0. The summed E-state index contributed by atoms with van der Waals surface area (Å²) < 4.78 is 0. The monoisotopic (exact) mass is 440 g/mol. The number of aliphatic imine (C=N–C) groups is 1. The topological polar surface area (TPSA) is 97.3 Å². The molecule has 0 atom stereocenters. The summed E-state index contributed by atoms with van der Waals surface area (Å²) in [6, 6.07) is 7.39. The van der Waals surface area contributed by atoms with Crippen LogP contribution in [0.1, 0.15) is 46.4 Å². The second kappa shape index (κ2) is 10.1. The summed E-state index contributed by atoms with van der Waals surface area (Å²) in [5.74, 6) is 0.588. The number of hydrogen-bond acceptors (Lipinski definition) is 5. The first-order valence-electron chi connectivity index (χ1n) is 11.5. The lowest BCUT2D eigenvalue weighted by molar-refractivity contribution is -0.122. The molecule has 0 bridgehead atoms. The molecule has 1 aromatic carbocycles. The molecular formula is C23H32N6O3. The van der Waals surface area contributed by atoms with Crippen molar-refractivity contribution >= 4 is 23.7 Å². The zero-order valence-corrected chi connectivity index (χ0v) is 18.7. The third kappa shape index (κ3) is 5.27. The Hall–Kier alpha value is -2.94. The predicted molar refractivity (Wildman–Crippen MR) is 122 cm³/mol. The summed E-state index contributed by atoms with van der Waals surface area (Å²) in [7, 11) is 1.77. The van der Waals surface area contributed by atoms with Crippen molar-refractivity contribution in [1.29, 1.82) is 0 Å². The number of guanidine groups is 1. The molecule has 1 aliphatic carbocycles. The van der Waals surface area contributed by atoms with Gasteiger partial charge in [0.25, 0.3) is 11.8 Å². The van der Waals surface area contributed by atoms with Crippen LogP contribution in [0.2, 0.25) is 0 Å². The standard InChI is InChI=1S/C23H32N6O3/c1-24-23(28-14-12-27(13-15-28)16-20(30)26-17-8-9-17)25-10-4-5-11-29-21(31)18-6-2-3-7-19(18)22(29)32/h2-3,6-7,17H,4-5,8-16H2,1H3,(H,24,25)(H,26,30). The molecule has 3 aliphatic rings. The number of hydrogen-bond donors (Lipinski definition) is 2. The minimum Gasteiger partial charge on any atom is -0.356 e. The van der Waals surface area contributed by atoms with Crippen LogP contribution < -0.4 is 10.6 Å². The van der Waals surface area contributed by atoms with Crippen molar-refractivity contribution in [2.75, 3.05) is 52.9 Å². The maximum absolute atomic E-state index is 12.4. The maximum atomic E-state index is 12.4. The number of carbonyl (C=O) groups excluding carboxylic acids is 3. The number of fused-ring (bicyclic) bond motifs is 1. The summed E-state index contributed by atoms with van der Waals surface area (Å²) in [6.45, 7) is 4.93. The fourth-order valence-corrected chi connectivity index (χ4v) is 4.19. The third-order valence-corrected chi connectivity index (χ3v) is 6.16. The van der Waals surface area contributed by atoms with Crippen molar-refractivity contribution in [3.05, 3.63) is 35.4 Å². The zero-order valence-electron chi connectivity index (χ0n) is 18.7. The first-order valence-corrected chi connectivity index (χ1v) is 11.5. The van der Waals surface area contributed by atoms with Crippen LogP contribution >= 0.6 is 0 Å². The Bertz CT molecular complexity index is 854. The number of piperazine rings is 1. The summed E-state index contributed by atoms with van der Waals surface area (Å²) in [4.78, 5) is 46.9. The average Bonchev–Trinajstić information content (AvgIpc) is 3.58. The highest BCUT2D eigenvalue weighted by atomic mass is 16.2. The summed E-state index contributed by atoms with van der Waals surface area (Å²) in [6.07, 6.45) is 3.78. The minimum absolute atomic E-state index is 0.126. The molecule has 0 unspecified atom stereocenters. The molecule has 1 saturated heterocycles. The molecule has 2 aliphatic heterocycles. The second-order valence-electron chi connectivity index (χ2n) is 8.59. The van der Waals surface area contributed by atoms with Crippen LogP contribution in [0.25, 0.3) is 0 Å². The molecule has 2 N–H and O–H groups in total. The number of unbranched alkanes of at least 4 members (excludes halogenated alkanes) is 1. The largest absolute Gasteiger partial charge is 0.356 e. The summed E-state index contributed by atoms with van der Waals surface area (Å²) in [5.41, 5.74) is 1.00. The number of amides is 3. The second-order valence-corrected chi connectivity index (χ2v) is 8.59. The van der Waals surface area contributed by atoms with E-state index in [1.54, 1.807) is 31.3 Å². The van der Waals surface area contributed by atoms with Gasteiger partial charge in [-0.15, -0.1) is 0 Å². The lowest BCUT2D eigenvalue weighted by Gasteiger charge is -2.36. The van der Waals surface area contributed by atoms with Gasteiger partial charge in [0, 0.05) is 52.4 Å². The van der Waals surface area contributed by atoms with Crippen molar-refractivity contribution in [2.45, 2.75) is 31.7 Å². The smallest absolute Gasteiger partial charge is 0.261 e. The van der Waals surface area contributed by atoms with Gasteiger partial charge in [-0.05, 0) is 37.8 Å². The Kier molecular flexibility index (Phi) is 7.04. The Balaban J connectivity index is 1.13. The maximum Gasteiger partial charge on any atom is 0.261 e. The van der Waals surface area contributed by atoms with Gasteiger partial charge in [-0.2, -0.15) is 0 Å². The van der Waals surface area contributed by atoms with E-state index in [4.69, 9.17) is 0 Å². The lowest BCUT2D eigenvalue weighted by atomic mass is 10.1. The fraction of sp³-hybridized carbons (Fsp3) is 0.565. The van der Waals surface area contributed by atoms with Gasteiger partial charge < -0.3 is 15.5 Å². The van der Waals surface area contributed by atoms with E-state index < -0.39 is 0 Å². The number of nitrogens with zero attached hydrogens (tertiary/aromatic N) is 4. The number of imide groups is 1. The molecule has 0 aromatic heterocycles.